The molecule has 118 valence electrons. The smallest absolute Gasteiger partial charge is 0.0472 e. The molecule has 3 heteroatoms. The topological polar surface area (TPSA) is 24.5 Å². The quantitative estimate of drug-likeness (QED) is 0.870. The second-order valence-electron chi connectivity index (χ2n) is 6.79. The molecule has 0 radical (unpaired) electrons. The van der Waals surface area contributed by atoms with E-state index in [0.29, 0.717) is 11.5 Å². The van der Waals surface area contributed by atoms with Crippen molar-refractivity contribution in [1.82, 2.24) is 5.32 Å². The van der Waals surface area contributed by atoms with Crippen molar-refractivity contribution in [2.75, 3.05) is 38.3 Å². The summed E-state index contributed by atoms with van der Waals surface area (Å²) >= 11 is 0. The van der Waals surface area contributed by atoms with Crippen LogP contribution < -0.4 is 10.2 Å². The summed E-state index contributed by atoms with van der Waals surface area (Å²) in [5.41, 5.74) is 3.01. The molecule has 1 aliphatic heterocycles. The standard InChI is InChI=1S/C18H30N2O/c1-15(2)19-13-18(9-11-21-12-10-18)14-20(4)17-8-6-5-7-16(17)3/h5-8,15,19H,9-14H2,1-4H3. The van der Waals surface area contributed by atoms with E-state index in [1.807, 2.05) is 0 Å². The third-order valence-electron chi connectivity index (χ3n) is 4.54. The van der Waals surface area contributed by atoms with Crippen molar-refractivity contribution in [2.45, 2.75) is 39.7 Å². The number of hydrogen-bond acceptors (Lipinski definition) is 3. The minimum Gasteiger partial charge on any atom is -0.381 e. The Morgan fingerprint density at radius 2 is 1.90 bits per heavy atom. The molecule has 0 atom stereocenters. The van der Waals surface area contributed by atoms with Gasteiger partial charge in [-0.1, -0.05) is 32.0 Å². The van der Waals surface area contributed by atoms with E-state index in [0.717, 1.165) is 39.1 Å². The van der Waals surface area contributed by atoms with E-state index in [1.165, 1.54) is 11.3 Å². The molecule has 2 rings (SSSR count). The van der Waals surface area contributed by atoms with Crippen molar-refractivity contribution in [3.8, 4) is 0 Å². The number of benzene rings is 1. The monoisotopic (exact) mass is 290 g/mol. The Morgan fingerprint density at radius 3 is 2.52 bits per heavy atom. The second kappa shape index (κ2) is 7.28. The van der Waals surface area contributed by atoms with Crippen LogP contribution in [0.5, 0.6) is 0 Å². The maximum atomic E-state index is 5.60. The zero-order chi connectivity index (χ0) is 15.3. The summed E-state index contributed by atoms with van der Waals surface area (Å²) in [6.45, 7) is 10.6. The van der Waals surface area contributed by atoms with Gasteiger partial charge in [0.05, 0.1) is 0 Å². The molecule has 1 N–H and O–H groups in total. The van der Waals surface area contributed by atoms with Gasteiger partial charge in [-0.25, -0.2) is 0 Å². The maximum absolute atomic E-state index is 5.60. The first-order chi connectivity index (χ1) is 10.0. The van der Waals surface area contributed by atoms with Crippen molar-refractivity contribution in [1.29, 1.82) is 0 Å². The predicted octanol–water partition coefficient (Wildman–Crippen LogP) is 3.23. The Labute approximate surface area is 129 Å². The number of nitrogens with zero attached hydrogens (tertiary/aromatic N) is 1. The first kappa shape index (κ1) is 16.3. The number of aryl methyl sites for hydroxylation is 1. The lowest BCUT2D eigenvalue weighted by Gasteiger charge is -2.41. The molecule has 1 aromatic rings. The Balaban J connectivity index is 2.09. The van der Waals surface area contributed by atoms with Gasteiger partial charge in [-0.3, -0.25) is 0 Å². The Kier molecular flexibility index (Phi) is 5.65. The third-order valence-corrected chi connectivity index (χ3v) is 4.54. The van der Waals surface area contributed by atoms with Crippen molar-refractivity contribution < 1.29 is 4.74 Å². The molecule has 0 saturated carbocycles. The van der Waals surface area contributed by atoms with Crippen LogP contribution in [0.25, 0.3) is 0 Å². The van der Waals surface area contributed by atoms with Crippen LogP contribution in [0.15, 0.2) is 24.3 Å². The molecule has 21 heavy (non-hydrogen) atoms. The lowest BCUT2D eigenvalue weighted by Crippen LogP contribution is -2.48. The van der Waals surface area contributed by atoms with Gasteiger partial charge in [0.25, 0.3) is 0 Å². The molecule has 0 spiro atoms. The van der Waals surface area contributed by atoms with Crippen molar-refractivity contribution in [2.24, 2.45) is 5.41 Å². The third kappa shape index (κ3) is 4.45. The van der Waals surface area contributed by atoms with Crippen LogP contribution in [0.3, 0.4) is 0 Å². The van der Waals surface area contributed by atoms with Gasteiger partial charge in [-0.15, -0.1) is 0 Å². The van der Waals surface area contributed by atoms with Crippen molar-refractivity contribution in [3.63, 3.8) is 0 Å². The Bertz CT molecular complexity index is 439. The molecule has 1 aromatic carbocycles. The molecule has 1 aliphatic rings. The highest BCUT2D eigenvalue weighted by atomic mass is 16.5. The average Bonchev–Trinajstić information content (AvgIpc) is 2.46. The van der Waals surface area contributed by atoms with Gasteiger partial charge >= 0.3 is 0 Å². The fourth-order valence-electron chi connectivity index (χ4n) is 3.20. The Hall–Kier alpha value is -1.06. The summed E-state index contributed by atoms with van der Waals surface area (Å²) in [5.74, 6) is 0. The summed E-state index contributed by atoms with van der Waals surface area (Å²) in [6, 6.07) is 9.18. The first-order valence-corrected chi connectivity index (χ1v) is 8.10. The van der Waals surface area contributed by atoms with E-state index in [-0.39, 0.29) is 0 Å². The van der Waals surface area contributed by atoms with Crippen molar-refractivity contribution >= 4 is 5.69 Å². The zero-order valence-electron chi connectivity index (χ0n) is 14.0. The minimum absolute atomic E-state index is 0.319. The van der Waals surface area contributed by atoms with Crippen LogP contribution >= 0.6 is 0 Å². The van der Waals surface area contributed by atoms with E-state index < -0.39 is 0 Å². The second-order valence-corrected chi connectivity index (χ2v) is 6.79. The summed E-state index contributed by atoms with van der Waals surface area (Å²) in [6.07, 6.45) is 2.28. The molecule has 1 saturated heterocycles. The Morgan fingerprint density at radius 1 is 1.24 bits per heavy atom. The van der Waals surface area contributed by atoms with E-state index >= 15 is 0 Å². The van der Waals surface area contributed by atoms with Gasteiger partial charge in [0.1, 0.15) is 0 Å². The molecule has 0 unspecified atom stereocenters. The number of ether oxygens (including phenoxy) is 1. The summed E-state index contributed by atoms with van der Waals surface area (Å²) < 4.78 is 5.60. The number of rotatable bonds is 6. The summed E-state index contributed by atoms with van der Waals surface area (Å²) in [4.78, 5) is 2.42. The van der Waals surface area contributed by atoms with Gasteiger partial charge in [-0.05, 0) is 31.4 Å². The van der Waals surface area contributed by atoms with E-state index in [1.54, 1.807) is 0 Å². The number of hydrogen-bond donors (Lipinski definition) is 1. The highest BCUT2D eigenvalue weighted by Crippen LogP contribution is 2.33. The van der Waals surface area contributed by atoms with Gasteiger partial charge in [0.2, 0.25) is 0 Å². The lowest BCUT2D eigenvalue weighted by molar-refractivity contribution is 0.0179. The summed E-state index contributed by atoms with van der Waals surface area (Å²) in [5, 5.41) is 3.65. The van der Waals surface area contributed by atoms with Crippen LogP contribution in [0, 0.1) is 12.3 Å². The van der Waals surface area contributed by atoms with E-state index in [9.17, 15) is 0 Å². The average molecular weight is 290 g/mol. The molecular weight excluding hydrogens is 260 g/mol. The van der Waals surface area contributed by atoms with Crippen LogP contribution in [-0.2, 0) is 4.74 Å². The maximum Gasteiger partial charge on any atom is 0.0472 e. The molecular formula is C18H30N2O. The number of anilines is 1. The number of para-hydroxylation sites is 1. The lowest BCUT2D eigenvalue weighted by atomic mass is 9.79. The van der Waals surface area contributed by atoms with Crippen LogP contribution in [0.4, 0.5) is 5.69 Å². The number of nitrogens with one attached hydrogen (secondary N) is 1. The van der Waals surface area contributed by atoms with Gasteiger partial charge in [0.15, 0.2) is 0 Å². The molecule has 0 aromatic heterocycles. The van der Waals surface area contributed by atoms with Crippen molar-refractivity contribution in [3.05, 3.63) is 29.8 Å². The predicted molar refractivity (Wildman–Crippen MR) is 90.1 cm³/mol. The molecule has 0 bridgehead atoms. The van der Waals surface area contributed by atoms with E-state index in [2.05, 4.69) is 62.3 Å². The van der Waals surface area contributed by atoms with Crippen LogP contribution in [-0.4, -0.2) is 39.4 Å². The molecule has 3 nitrogen and oxygen atoms in total. The van der Waals surface area contributed by atoms with Gasteiger partial charge in [-0.2, -0.15) is 0 Å². The van der Waals surface area contributed by atoms with E-state index in [4.69, 9.17) is 4.74 Å². The van der Waals surface area contributed by atoms with Gasteiger partial charge < -0.3 is 15.0 Å². The first-order valence-electron chi connectivity index (χ1n) is 8.10. The van der Waals surface area contributed by atoms with Gasteiger partial charge in [0, 0.05) is 50.5 Å². The fourth-order valence-corrected chi connectivity index (χ4v) is 3.20. The highest BCUT2D eigenvalue weighted by molar-refractivity contribution is 5.52. The SMILES string of the molecule is Cc1ccccc1N(C)CC1(CNC(C)C)CCOCC1. The molecule has 0 amide bonds. The fraction of sp³-hybridized carbons (Fsp3) is 0.667. The molecule has 0 aliphatic carbocycles. The molecule has 1 heterocycles. The largest absolute Gasteiger partial charge is 0.381 e. The van der Waals surface area contributed by atoms with Crippen LogP contribution in [0.2, 0.25) is 0 Å². The molecule has 1 fully saturated rings. The minimum atomic E-state index is 0.319. The zero-order valence-corrected chi connectivity index (χ0v) is 14.0. The van der Waals surface area contributed by atoms with Crippen LogP contribution in [0.1, 0.15) is 32.3 Å². The highest BCUT2D eigenvalue weighted by Gasteiger charge is 2.34. The normalized spacial score (nSPS) is 18.0. The summed E-state index contributed by atoms with van der Waals surface area (Å²) in [7, 11) is 2.22.